The molecule has 4 nitrogen and oxygen atoms in total. The second-order valence-electron chi connectivity index (χ2n) is 6.42. The van der Waals surface area contributed by atoms with Gasteiger partial charge in [-0.15, -0.1) is 0 Å². The molecule has 1 amide bonds. The van der Waals surface area contributed by atoms with Crippen LogP contribution in [0.15, 0.2) is 60.7 Å². The highest BCUT2D eigenvalue weighted by Gasteiger charge is 2.12. The van der Waals surface area contributed by atoms with Crippen LogP contribution in [-0.4, -0.2) is 12.5 Å². The molecule has 0 radical (unpaired) electrons. The van der Waals surface area contributed by atoms with Crippen molar-refractivity contribution in [3.8, 4) is 11.5 Å². The quantitative estimate of drug-likeness (QED) is 0.362. The number of benzene rings is 3. The maximum atomic E-state index is 12.7. The van der Waals surface area contributed by atoms with Crippen LogP contribution in [0.2, 0.25) is 5.02 Å². The number of rotatable bonds is 7. The zero-order chi connectivity index (χ0) is 20.8. The summed E-state index contributed by atoms with van der Waals surface area (Å²) in [4.78, 5) is 12.7. The molecule has 0 heterocycles. The van der Waals surface area contributed by atoms with E-state index in [1.54, 1.807) is 24.3 Å². The third kappa shape index (κ3) is 5.87. The minimum atomic E-state index is -0.183. The van der Waals surface area contributed by atoms with Crippen LogP contribution in [0.4, 0.5) is 5.69 Å². The van der Waals surface area contributed by atoms with Crippen LogP contribution in [-0.2, 0) is 6.61 Å². The van der Waals surface area contributed by atoms with Crippen molar-refractivity contribution in [3.05, 3.63) is 85.9 Å². The summed E-state index contributed by atoms with van der Waals surface area (Å²) in [5, 5.41) is 3.61. The topological polar surface area (TPSA) is 47.6 Å². The number of carbonyl (C=O) groups excluding carboxylic acids is 1. The Kier molecular flexibility index (Phi) is 7.39. The minimum absolute atomic E-state index is 0.183. The van der Waals surface area contributed by atoms with Crippen molar-refractivity contribution in [3.63, 3.8) is 0 Å². The molecule has 0 unspecified atom stereocenters. The molecule has 0 aliphatic rings. The van der Waals surface area contributed by atoms with Gasteiger partial charge in [0.2, 0.25) is 0 Å². The number of hydrogen-bond donors (Lipinski definition) is 1. The van der Waals surface area contributed by atoms with Crippen molar-refractivity contribution in [2.24, 2.45) is 0 Å². The second kappa shape index (κ2) is 9.98. The van der Waals surface area contributed by atoms with Crippen LogP contribution in [0.25, 0.3) is 0 Å². The zero-order valence-corrected chi connectivity index (χ0v) is 19.1. The number of carbonyl (C=O) groups is 1. The van der Waals surface area contributed by atoms with Crippen molar-refractivity contribution in [1.82, 2.24) is 0 Å². The van der Waals surface area contributed by atoms with Crippen molar-refractivity contribution in [2.75, 3.05) is 11.9 Å². The van der Waals surface area contributed by atoms with Gasteiger partial charge in [-0.2, -0.15) is 0 Å². The Labute approximate surface area is 189 Å². The molecule has 0 atom stereocenters. The van der Waals surface area contributed by atoms with E-state index in [2.05, 4.69) is 27.9 Å². The Bertz CT molecular complexity index is 1010. The summed E-state index contributed by atoms with van der Waals surface area (Å²) in [5.74, 6) is 1.23. The molecule has 3 aromatic rings. The highest BCUT2D eigenvalue weighted by Crippen LogP contribution is 2.25. The first-order valence-electron chi connectivity index (χ1n) is 9.18. The highest BCUT2D eigenvalue weighted by molar-refractivity contribution is 14.1. The summed E-state index contributed by atoms with van der Waals surface area (Å²) < 4.78 is 12.7. The van der Waals surface area contributed by atoms with Gasteiger partial charge in [-0.3, -0.25) is 4.79 Å². The molecule has 0 fully saturated rings. The van der Waals surface area contributed by atoms with Crippen molar-refractivity contribution < 1.29 is 14.3 Å². The van der Waals surface area contributed by atoms with E-state index >= 15 is 0 Å². The number of anilines is 1. The minimum Gasteiger partial charge on any atom is -0.493 e. The van der Waals surface area contributed by atoms with Crippen LogP contribution in [0.1, 0.15) is 28.4 Å². The van der Waals surface area contributed by atoms with Gasteiger partial charge in [-0.1, -0.05) is 11.6 Å². The Balaban J connectivity index is 1.78. The Morgan fingerprint density at radius 1 is 1.03 bits per heavy atom. The standard InChI is InChI=1S/C23H21ClINO3/c1-3-28-22-11-4-16(23(27)26-19-7-5-18(25)6-8-19)13-17(22)14-29-20-9-10-21(24)15(2)12-20/h4-13H,3,14H2,1-2H3,(H,26,27). The van der Waals surface area contributed by atoms with E-state index in [0.717, 1.165) is 20.4 Å². The lowest BCUT2D eigenvalue weighted by Gasteiger charge is -2.14. The van der Waals surface area contributed by atoms with Gasteiger partial charge in [-0.25, -0.2) is 0 Å². The van der Waals surface area contributed by atoms with Gasteiger partial charge in [0, 0.05) is 25.4 Å². The number of ether oxygens (including phenoxy) is 2. The molecule has 0 spiro atoms. The smallest absolute Gasteiger partial charge is 0.255 e. The molecular formula is C23H21ClINO3. The first-order valence-corrected chi connectivity index (χ1v) is 10.6. The van der Waals surface area contributed by atoms with Crippen molar-refractivity contribution in [2.45, 2.75) is 20.5 Å². The Morgan fingerprint density at radius 3 is 2.48 bits per heavy atom. The van der Waals surface area contributed by atoms with Crippen molar-refractivity contribution in [1.29, 1.82) is 0 Å². The molecule has 0 aliphatic carbocycles. The summed E-state index contributed by atoms with van der Waals surface area (Å²) >= 11 is 8.30. The lowest BCUT2D eigenvalue weighted by molar-refractivity contribution is 0.102. The normalized spacial score (nSPS) is 10.5. The van der Waals surface area contributed by atoms with E-state index in [1.165, 1.54) is 0 Å². The summed E-state index contributed by atoms with van der Waals surface area (Å²) in [7, 11) is 0. The largest absolute Gasteiger partial charge is 0.493 e. The number of aryl methyl sites for hydroxylation is 1. The number of halogens is 2. The van der Waals surface area contributed by atoms with Gasteiger partial charge in [-0.05, 0) is 103 Å². The van der Waals surface area contributed by atoms with E-state index in [1.807, 2.05) is 50.2 Å². The van der Waals surface area contributed by atoms with E-state index in [0.29, 0.717) is 28.7 Å². The second-order valence-corrected chi connectivity index (χ2v) is 8.07. The van der Waals surface area contributed by atoms with E-state index < -0.39 is 0 Å². The lowest BCUT2D eigenvalue weighted by Crippen LogP contribution is -2.13. The fraction of sp³-hybridized carbons (Fsp3) is 0.174. The Hall–Kier alpha value is -2.25. The first-order chi connectivity index (χ1) is 14.0. The van der Waals surface area contributed by atoms with Crippen LogP contribution in [0.5, 0.6) is 11.5 Å². The summed E-state index contributed by atoms with van der Waals surface area (Å²) in [5.41, 5.74) is 3.03. The van der Waals surface area contributed by atoms with Gasteiger partial charge < -0.3 is 14.8 Å². The molecular weight excluding hydrogens is 501 g/mol. The monoisotopic (exact) mass is 521 g/mol. The van der Waals surface area contributed by atoms with Crippen LogP contribution in [0, 0.1) is 10.5 Å². The van der Waals surface area contributed by atoms with E-state index in [-0.39, 0.29) is 12.5 Å². The molecule has 150 valence electrons. The molecule has 1 N–H and O–H groups in total. The van der Waals surface area contributed by atoms with Gasteiger partial charge >= 0.3 is 0 Å². The van der Waals surface area contributed by atoms with Gasteiger partial charge in [0.05, 0.1) is 6.61 Å². The molecule has 0 aromatic heterocycles. The van der Waals surface area contributed by atoms with Crippen LogP contribution < -0.4 is 14.8 Å². The zero-order valence-electron chi connectivity index (χ0n) is 16.2. The molecule has 0 bridgehead atoms. The Morgan fingerprint density at radius 2 is 1.79 bits per heavy atom. The van der Waals surface area contributed by atoms with Gasteiger partial charge in [0.25, 0.3) is 5.91 Å². The van der Waals surface area contributed by atoms with E-state index in [9.17, 15) is 4.79 Å². The number of nitrogens with one attached hydrogen (secondary N) is 1. The highest BCUT2D eigenvalue weighted by atomic mass is 127. The van der Waals surface area contributed by atoms with Crippen LogP contribution in [0.3, 0.4) is 0 Å². The van der Waals surface area contributed by atoms with Crippen molar-refractivity contribution >= 4 is 45.8 Å². The van der Waals surface area contributed by atoms with E-state index in [4.69, 9.17) is 21.1 Å². The lowest BCUT2D eigenvalue weighted by atomic mass is 10.1. The SMILES string of the molecule is CCOc1ccc(C(=O)Nc2ccc(I)cc2)cc1COc1ccc(Cl)c(C)c1. The molecule has 29 heavy (non-hydrogen) atoms. The molecule has 0 saturated heterocycles. The predicted molar refractivity (Wildman–Crippen MR) is 125 cm³/mol. The fourth-order valence-corrected chi connectivity index (χ4v) is 3.21. The van der Waals surface area contributed by atoms with Crippen LogP contribution >= 0.6 is 34.2 Å². The summed E-state index contributed by atoms with van der Waals surface area (Å²) in [6, 6.07) is 18.5. The fourth-order valence-electron chi connectivity index (χ4n) is 2.73. The third-order valence-electron chi connectivity index (χ3n) is 4.25. The maximum absolute atomic E-state index is 12.7. The predicted octanol–water partition coefficient (Wildman–Crippen LogP) is 6.48. The number of hydrogen-bond acceptors (Lipinski definition) is 3. The molecule has 3 aromatic carbocycles. The van der Waals surface area contributed by atoms with Gasteiger partial charge in [0.15, 0.2) is 0 Å². The average molecular weight is 522 g/mol. The third-order valence-corrected chi connectivity index (χ3v) is 5.39. The molecule has 3 rings (SSSR count). The number of amides is 1. The molecule has 0 aliphatic heterocycles. The average Bonchev–Trinajstić information content (AvgIpc) is 2.71. The molecule has 6 heteroatoms. The summed E-state index contributed by atoms with van der Waals surface area (Å²) in [6.45, 7) is 4.66. The summed E-state index contributed by atoms with van der Waals surface area (Å²) in [6.07, 6.45) is 0. The molecule has 0 saturated carbocycles. The maximum Gasteiger partial charge on any atom is 0.255 e. The first kappa shape index (κ1) is 21.5. The van der Waals surface area contributed by atoms with Gasteiger partial charge in [0.1, 0.15) is 18.1 Å².